The van der Waals surface area contributed by atoms with Crippen molar-refractivity contribution in [2.75, 3.05) is 0 Å². The fraction of sp³-hybridized carbons (Fsp3) is 0. The topological polar surface area (TPSA) is 66.0 Å². The Labute approximate surface area is 100 Å². The first-order valence-corrected chi connectivity index (χ1v) is 4.84. The van der Waals surface area contributed by atoms with Crippen LogP contribution in [0.1, 0.15) is 16.1 Å². The van der Waals surface area contributed by atoms with Crippen molar-refractivity contribution in [1.29, 1.82) is 5.26 Å². The number of hydrogen-bond donors (Lipinski definition) is 1. The molecule has 0 saturated carbocycles. The lowest BCUT2D eigenvalue weighted by atomic mass is 10.2. The zero-order valence-corrected chi connectivity index (χ0v) is 8.89. The number of carboxylic acids is 1. The third-order valence-electron chi connectivity index (χ3n) is 2.37. The molecule has 1 aromatic heterocycles. The van der Waals surface area contributed by atoms with Crippen LogP contribution < -0.4 is 0 Å². The zero-order valence-electron chi connectivity index (χ0n) is 8.89. The maximum atomic E-state index is 13.7. The van der Waals surface area contributed by atoms with Gasteiger partial charge in [0.15, 0.2) is 11.6 Å². The maximum Gasteiger partial charge on any atom is 0.335 e. The normalized spacial score (nSPS) is 10.1. The average molecular weight is 248 g/mol. The number of carbonyl (C=O) groups is 1. The molecule has 6 heteroatoms. The summed E-state index contributed by atoms with van der Waals surface area (Å²) >= 11 is 0. The molecule has 90 valence electrons. The highest BCUT2D eigenvalue weighted by Gasteiger charge is 2.17. The largest absolute Gasteiger partial charge is 0.478 e. The van der Waals surface area contributed by atoms with Crippen molar-refractivity contribution in [3.8, 4) is 11.8 Å². The van der Waals surface area contributed by atoms with Gasteiger partial charge in [-0.1, -0.05) is 0 Å². The third kappa shape index (κ3) is 1.82. The molecule has 0 spiro atoms. The second-order valence-corrected chi connectivity index (χ2v) is 3.47. The smallest absolute Gasteiger partial charge is 0.335 e. The van der Waals surface area contributed by atoms with Crippen LogP contribution in [0.15, 0.2) is 30.5 Å². The van der Waals surface area contributed by atoms with Crippen molar-refractivity contribution in [2.24, 2.45) is 0 Å². The van der Waals surface area contributed by atoms with Crippen LogP contribution in [-0.4, -0.2) is 15.6 Å². The number of aromatic nitrogens is 1. The fourth-order valence-electron chi connectivity index (χ4n) is 1.59. The summed E-state index contributed by atoms with van der Waals surface area (Å²) in [5, 5.41) is 17.4. The molecular weight excluding hydrogens is 242 g/mol. The molecule has 0 saturated heterocycles. The van der Waals surface area contributed by atoms with Gasteiger partial charge in [-0.3, -0.25) is 0 Å². The van der Waals surface area contributed by atoms with Gasteiger partial charge in [0.1, 0.15) is 17.5 Å². The summed E-state index contributed by atoms with van der Waals surface area (Å²) in [5.74, 6) is -3.51. The lowest BCUT2D eigenvalue weighted by Gasteiger charge is -2.08. The van der Waals surface area contributed by atoms with Crippen LogP contribution >= 0.6 is 0 Å². The van der Waals surface area contributed by atoms with Crippen molar-refractivity contribution in [3.63, 3.8) is 0 Å². The summed E-state index contributed by atoms with van der Waals surface area (Å²) in [4.78, 5) is 10.6. The number of halogens is 2. The number of hydrogen-bond acceptors (Lipinski definition) is 2. The Kier molecular flexibility index (Phi) is 2.81. The minimum atomic E-state index is -1.42. The van der Waals surface area contributed by atoms with Crippen LogP contribution in [0.4, 0.5) is 8.78 Å². The molecule has 4 nitrogen and oxygen atoms in total. The van der Waals surface area contributed by atoms with Crippen molar-refractivity contribution >= 4 is 5.97 Å². The van der Waals surface area contributed by atoms with Gasteiger partial charge in [-0.25, -0.2) is 13.6 Å². The van der Waals surface area contributed by atoms with Gasteiger partial charge in [-0.05, 0) is 24.3 Å². The molecule has 1 N–H and O–H groups in total. The Hall–Kier alpha value is -2.68. The van der Waals surface area contributed by atoms with Crippen LogP contribution in [0.3, 0.4) is 0 Å². The summed E-state index contributed by atoms with van der Waals surface area (Å²) in [7, 11) is 0. The Balaban J connectivity index is 2.67. The van der Waals surface area contributed by atoms with Gasteiger partial charge in [0.2, 0.25) is 0 Å². The van der Waals surface area contributed by atoms with Crippen LogP contribution in [0, 0.1) is 23.0 Å². The molecule has 0 aliphatic heterocycles. The quantitative estimate of drug-likeness (QED) is 0.886. The predicted molar refractivity (Wildman–Crippen MR) is 57.4 cm³/mol. The second kappa shape index (κ2) is 4.30. The van der Waals surface area contributed by atoms with Crippen molar-refractivity contribution in [1.82, 2.24) is 4.57 Å². The number of aromatic carboxylic acids is 1. The molecular formula is C12H6F2N2O2. The van der Waals surface area contributed by atoms with E-state index in [9.17, 15) is 13.6 Å². The Morgan fingerprint density at radius 1 is 1.33 bits per heavy atom. The molecule has 0 amide bonds. The van der Waals surface area contributed by atoms with Crippen LogP contribution in [-0.2, 0) is 0 Å². The molecule has 2 rings (SSSR count). The standard InChI is InChI=1S/C12H6F2N2O2/c13-9-4-7(12(17)18)5-10(14)11(9)16-3-1-2-8(16)6-15/h1-5H,(H,17,18). The van der Waals surface area contributed by atoms with Gasteiger partial charge < -0.3 is 9.67 Å². The van der Waals surface area contributed by atoms with Crippen LogP contribution in [0.25, 0.3) is 5.69 Å². The van der Waals surface area contributed by atoms with E-state index in [1.807, 2.05) is 0 Å². The zero-order chi connectivity index (χ0) is 13.3. The van der Waals surface area contributed by atoms with Crippen LogP contribution in [0.5, 0.6) is 0 Å². The highest BCUT2D eigenvalue weighted by molar-refractivity contribution is 5.87. The predicted octanol–water partition coefficient (Wildman–Crippen LogP) is 2.33. The number of rotatable bonds is 2. The molecule has 0 fully saturated rings. The van der Waals surface area contributed by atoms with E-state index in [0.29, 0.717) is 12.1 Å². The minimum Gasteiger partial charge on any atom is -0.478 e. The van der Waals surface area contributed by atoms with Crippen LogP contribution in [0.2, 0.25) is 0 Å². The van der Waals surface area contributed by atoms with Gasteiger partial charge in [-0.2, -0.15) is 5.26 Å². The SMILES string of the molecule is N#Cc1cccn1-c1c(F)cc(C(=O)O)cc1F. The highest BCUT2D eigenvalue weighted by atomic mass is 19.1. The molecule has 0 aliphatic rings. The number of benzene rings is 1. The van der Waals surface area contributed by atoms with E-state index in [1.165, 1.54) is 18.3 Å². The molecule has 0 radical (unpaired) electrons. The number of nitrogens with zero attached hydrogens (tertiary/aromatic N) is 2. The highest BCUT2D eigenvalue weighted by Crippen LogP contribution is 2.21. The molecule has 0 unspecified atom stereocenters. The molecule has 0 atom stereocenters. The van der Waals surface area contributed by atoms with E-state index >= 15 is 0 Å². The molecule has 1 heterocycles. The Morgan fingerprint density at radius 3 is 2.44 bits per heavy atom. The van der Waals surface area contributed by atoms with E-state index < -0.39 is 28.9 Å². The van der Waals surface area contributed by atoms with Gasteiger partial charge in [0.25, 0.3) is 0 Å². The summed E-state index contributed by atoms with van der Waals surface area (Å²) in [6.07, 6.45) is 1.32. The van der Waals surface area contributed by atoms with Gasteiger partial charge in [-0.15, -0.1) is 0 Å². The molecule has 1 aromatic carbocycles. The number of carboxylic acid groups (broad SMARTS) is 1. The average Bonchev–Trinajstić information content (AvgIpc) is 2.76. The molecule has 18 heavy (non-hydrogen) atoms. The first-order chi connectivity index (χ1) is 8.54. The van der Waals surface area contributed by atoms with E-state index in [0.717, 1.165) is 4.57 Å². The first-order valence-electron chi connectivity index (χ1n) is 4.84. The van der Waals surface area contributed by atoms with Gasteiger partial charge >= 0.3 is 5.97 Å². The molecule has 0 aliphatic carbocycles. The summed E-state index contributed by atoms with van der Waals surface area (Å²) in [5.41, 5.74) is -0.906. The maximum absolute atomic E-state index is 13.7. The summed E-state index contributed by atoms with van der Waals surface area (Å²) in [6, 6.07) is 6.05. The fourth-order valence-corrected chi connectivity index (χ4v) is 1.59. The Bertz CT molecular complexity index is 648. The van der Waals surface area contributed by atoms with Crippen molar-refractivity contribution in [2.45, 2.75) is 0 Å². The van der Waals surface area contributed by atoms with Gasteiger partial charge in [0.05, 0.1) is 5.56 Å². The lowest BCUT2D eigenvalue weighted by Crippen LogP contribution is -2.06. The monoisotopic (exact) mass is 248 g/mol. The Morgan fingerprint density at radius 2 is 1.94 bits per heavy atom. The summed E-state index contributed by atoms with van der Waals surface area (Å²) < 4.78 is 28.5. The van der Waals surface area contributed by atoms with E-state index in [4.69, 9.17) is 10.4 Å². The van der Waals surface area contributed by atoms with Crippen molar-refractivity contribution < 1.29 is 18.7 Å². The first kappa shape index (κ1) is 11.8. The molecule has 2 aromatic rings. The van der Waals surface area contributed by atoms with E-state index in [1.54, 1.807) is 6.07 Å². The van der Waals surface area contributed by atoms with Gasteiger partial charge in [0, 0.05) is 6.20 Å². The lowest BCUT2D eigenvalue weighted by molar-refractivity contribution is 0.0695. The minimum absolute atomic E-state index is 0.0517. The second-order valence-electron chi connectivity index (χ2n) is 3.47. The number of nitriles is 1. The molecule has 0 bridgehead atoms. The van der Waals surface area contributed by atoms with Crippen molar-refractivity contribution in [3.05, 3.63) is 53.4 Å². The van der Waals surface area contributed by atoms with E-state index in [2.05, 4.69) is 0 Å². The van der Waals surface area contributed by atoms with E-state index in [-0.39, 0.29) is 5.69 Å². The summed E-state index contributed by atoms with van der Waals surface area (Å²) in [6.45, 7) is 0. The third-order valence-corrected chi connectivity index (χ3v) is 2.37.